The molecule has 0 spiro atoms. The molecule has 0 heterocycles. The van der Waals surface area contributed by atoms with Crippen LogP contribution in [0.1, 0.15) is 41.4 Å². The van der Waals surface area contributed by atoms with Gasteiger partial charge in [0.15, 0.2) is 0 Å². The Labute approximate surface area is 147 Å². The normalized spacial score (nSPS) is 11.2. The molecule has 25 heavy (non-hydrogen) atoms. The summed E-state index contributed by atoms with van der Waals surface area (Å²) < 4.78 is 5.53. The first kappa shape index (κ1) is 18.2. The van der Waals surface area contributed by atoms with Crippen LogP contribution in [0, 0.1) is 11.3 Å². The molecule has 5 heteroatoms. The van der Waals surface area contributed by atoms with Crippen molar-refractivity contribution in [2.24, 2.45) is 0 Å². The standard InChI is InChI=1S/C20H20N2O3/c1-3-22(4-2)19(23)18(16-8-6-5-7-9-16)25-20(24)17-12-10-15(14-21)11-13-17/h5-13,18H,3-4H2,1-2H3/t18-/m1/s1. The largest absolute Gasteiger partial charge is 0.444 e. The van der Waals surface area contributed by atoms with Crippen molar-refractivity contribution < 1.29 is 14.3 Å². The molecule has 0 saturated heterocycles. The van der Waals surface area contributed by atoms with Gasteiger partial charge in [-0.1, -0.05) is 30.3 Å². The van der Waals surface area contributed by atoms with Crippen molar-refractivity contribution in [3.8, 4) is 6.07 Å². The SMILES string of the molecule is CCN(CC)C(=O)[C@H](OC(=O)c1ccc(C#N)cc1)c1ccccc1. The molecular weight excluding hydrogens is 316 g/mol. The first-order valence-corrected chi connectivity index (χ1v) is 8.15. The van der Waals surface area contributed by atoms with Crippen molar-refractivity contribution in [2.75, 3.05) is 13.1 Å². The molecule has 2 aromatic carbocycles. The van der Waals surface area contributed by atoms with Crippen LogP contribution in [0.3, 0.4) is 0 Å². The van der Waals surface area contributed by atoms with Gasteiger partial charge < -0.3 is 9.64 Å². The maximum Gasteiger partial charge on any atom is 0.339 e. The molecule has 0 fully saturated rings. The van der Waals surface area contributed by atoms with Crippen molar-refractivity contribution in [1.82, 2.24) is 4.90 Å². The molecule has 0 bridgehead atoms. The van der Waals surface area contributed by atoms with Gasteiger partial charge in [0.2, 0.25) is 6.10 Å². The van der Waals surface area contributed by atoms with Gasteiger partial charge in [0.1, 0.15) is 0 Å². The minimum Gasteiger partial charge on any atom is -0.444 e. The van der Waals surface area contributed by atoms with Gasteiger partial charge in [-0.05, 0) is 38.1 Å². The maximum absolute atomic E-state index is 12.8. The summed E-state index contributed by atoms with van der Waals surface area (Å²) in [5.74, 6) is -0.850. The molecule has 1 atom stereocenters. The second-order valence-corrected chi connectivity index (χ2v) is 5.40. The lowest BCUT2D eigenvalue weighted by atomic mass is 10.1. The predicted octanol–water partition coefficient (Wildman–Crippen LogP) is 3.32. The number of carbonyl (C=O) groups is 2. The van der Waals surface area contributed by atoms with Crippen LogP contribution in [0.4, 0.5) is 0 Å². The summed E-state index contributed by atoms with van der Waals surface area (Å²) in [4.78, 5) is 26.9. The quantitative estimate of drug-likeness (QED) is 0.759. The van der Waals surface area contributed by atoms with E-state index in [1.54, 1.807) is 41.3 Å². The first-order chi connectivity index (χ1) is 12.1. The molecule has 128 valence electrons. The van der Waals surface area contributed by atoms with Crippen LogP contribution < -0.4 is 0 Å². The third-order valence-corrected chi connectivity index (χ3v) is 3.88. The van der Waals surface area contributed by atoms with E-state index in [9.17, 15) is 9.59 Å². The van der Waals surface area contributed by atoms with Gasteiger partial charge in [0, 0.05) is 18.7 Å². The second-order valence-electron chi connectivity index (χ2n) is 5.40. The highest BCUT2D eigenvalue weighted by molar-refractivity contribution is 5.92. The maximum atomic E-state index is 12.8. The molecule has 5 nitrogen and oxygen atoms in total. The van der Waals surface area contributed by atoms with E-state index in [-0.39, 0.29) is 5.91 Å². The third kappa shape index (κ3) is 4.45. The van der Waals surface area contributed by atoms with Crippen molar-refractivity contribution in [1.29, 1.82) is 5.26 Å². The van der Waals surface area contributed by atoms with Crippen LogP contribution >= 0.6 is 0 Å². The van der Waals surface area contributed by atoms with E-state index >= 15 is 0 Å². The number of nitriles is 1. The monoisotopic (exact) mass is 336 g/mol. The lowest BCUT2D eigenvalue weighted by Crippen LogP contribution is -2.36. The Kier molecular flexibility index (Phi) is 6.30. The lowest BCUT2D eigenvalue weighted by molar-refractivity contribution is -0.140. The summed E-state index contributed by atoms with van der Waals surface area (Å²) in [6.07, 6.45) is -0.996. The van der Waals surface area contributed by atoms with Crippen LogP contribution in [0.25, 0.3) is 0 Å². The van der Waals surface area contributed by atoms with E-state index in [0.717, 1.165) is 0 Å². The van der Waals surface area contributed by atoms with Gasteiger partial charge in [0.25, 0.3) is 5.91 Å². The van der Waals surface area contributed by atoms with E-state index < -0.39 is 12.1 Å². The van der Waals surface area contributed by atoms with Crippen LogP contribution in [-0.4, -0.2) is 29.9 Å². The Bertz CT molecular complexity index is 760. The second kappa shape index (κ2) is 8.65. The zero-order chi connectivity index (χ0) is 18.2. The number of nitrogens with zero attached hydrogens (tertiary/aromatic N) is 2. The number of ether oxygens (including phenoxy) is 1. The van der Waals surface area contributed by atoms with Crippen LogP contribution in [0.5, 0.6) is 0 Å². The van der Waals surface area contributed by atoms with Gasteiger partial charge >= 0.3 is 5.97 Å². The molecule has 1 amide bonds. The van der Waals surface area contributed by atoms with Crippen LogP contribution in [0.2, 0.25) is 0 Å². The Morgan fingerprint density at radius 1 is 1.04 bits per heavy atom. The number of likely N-dealkylation sites (N-methyl/N-ethyl adjacent to an activating group) is 1. The molecule has 0 aliphatic heterocycles. The lowest BCUT2D eigenvalue weighted by Gasteiger charge is -2.25. The molecule has 2 aromatic rings. The highest BCUT2D eigenvalue weighted by Gasteiger charge is 2.28. The summed E-state index contributed by atoms with van der Waals surface area (Å²) >= 11 is 0. The number of amides is 1. The molecule has 0 N–H and O–H groups in total. The fraction of sp³-hybridized carbons (Fsp3) is 0.250. The van der Waals surface area contributed by atoms with Crippen molar-refractivity contribution in [3.05, 3.63) is 71.3 Å². The minimum absolute atomic E-state index is 0.252. The highest BCUT2D eigenvalue weighted by Crippen LogP contribution is 2.22. The van der Waals surface area contributed by atoms with Gasteiger partial charge in [-0.2, -0.15) is 5.26 Å². The van der Waals surface area contributed by atoms with Crippen molar-refractivity contribution in [2.45, 2.75) is 20.0 Å². The Hall–Kier alpha value is -3.13. The van der Waals surface area contributed by atoms with Crippen LogP contribution in [-0.2, 0) is 9.53 Å². The Morgan fingerprint density at radius 2 is 1.64 bits per heavy atom. The smallest absolute Gasteiger partial charge is 0.339 e. The first-order valence-electron chi connectivity index (χ1n) is 8.15. The molecule has 0 aromatic heterocycles. The zero-order valence-corrected chi connectivity index (χ0v) is 14.3. The van der Waals surface area contributed by atoms with E-state index in [1.165, 1.54) is 12.1 Å². The summed E-state index contributed by atoms with van der Waals surface area (Å²) in [5, 5.41) is 8.83. The Morgan fingerprint density at radius 3 is 2.16 bits per heavy atom. The van der Waals surface area contributed by atoms with Crippen molar-refractivity contribution >= 4 is 11.9 Å². The van der Waals surface area contributed by atoms with Gasteiger partial charge in [-0.15, -0.1) is 0 Å². The summed E-state index contributed by atoms with van der Waals surface area (Å²) in [6.45, 7) is 4.83. The highest BCUT2D eigenvalue weighted by atomic mass is 16.5. The number of esters is 1. The van der Waals surface area contributed by atoms with Crippen molar-refractivity contribution in [3.63, 3.8) is 0 Å². The van der Waals surface area contributed by atoms with Crippen LogP contribution in [0.15, 0.2) is 54.6 Å². The molecule has 0 aliphatic rings. The Balaban J connectivity index is 2.27. The number of carbonyl (C=O) groups excluding carboxylic acids is 2. The van der Waals surface area contributed by atoms with Gasteiger partial charge in [-0.3, -0.25) is 4.79 Å². The molecule has 0 aliphatic carbocycles. The van der Waals surface area contributed by atoms with E-state index in [2.05, 4.69) is 0 Å². The number of benzene rings is 2. The molecule has 0 unspecified atom stereocenters. The summed E-state index contributed by atoms with van der Waals surface area (Å²) in [7, 11) is 0. The molecule has 0 saturated carbocycles. The van der Waals surface area contributed by atoms with Gasteiger partial charge in [0.05, 0.1) is 17.2 Å². The molecule has 0 radical (unpaired) electrons. The van der Waals surface area contributed by atoms with E-state index in [4.69, 9.17) is 10.00 Å². The summed E-state index contributed by atoms with van der Waals surface area (Å²) in [6, 6.07) is 17.1. The number of hydrogen-bond acceptors (Lipinski definition) is 4. The number of hydrogen-bond donors (Lipinski definition) is 0. The average molecular weight is 336 g/mol. The molecular formula is C20H20N2O3. The number of rotatable bonds is 6. The van der Waals surface area contributed by atoms with Gasteiger partial charge in [-0.25, -0.2) is 4.79 Å². The topological polar surface area (TPSA) is 70.4 Å². The molecule has 2 rings (SSSR count). The average Bonchev–Trinajstić information content (AvgIpc) is 2.67. The summed E-state index contributed by atoms with van der Waals surface area (Å²) in [5.41, 5.74) is 1.38. The zero-order valence-electron chi connectivity index (χ0n) is 14.3. The third-order valence-electron chi connectivity index (χ3n) is 3.88. The van der Waals surface area contributed by atoms with E-state index in [0.29, 0.717) is 29.8 Å². The predicted molar refractivity (Wildman–Crippen MR) is 93.7 cm³/mol. The fourth-order valence-corrected chi connectivity index (χ4v) is 2.45. The fourth-order valence-electron chi connectivity index (χ4n) is 2.45. The van der Waals surface area contributed by atoms with E-state index in [1.807, 2.05) is 26.0 Å². The minimum atomic E-state index is -0.996.